The van der Waals surface area contributed by atoms with Crippen LogP contribution in [-0.2, 0) is 14.3 Å². The fourth-order valence-electron chi connectivity index (χ4n) is 1.52. The number of rotatable bonds is 3. The summed E-state index contributed by atoms with van der Waals surface area (Å²) in [5.74, 6) is 0.264. The molecule has 74 valence electrons. The molecule has 0 aromatic heterocycles. The second-order valence-electron chi connectivity index (χ2n) is 3.32. The first-order chi connectivity index (χ1) is 6.22. The van der Waals surface area contributed by atoms with E-state index in [2.05, 4.69) is 10.1 Å². The lowest BCUT2D eigenvalue weighted by Gasteiger charge is -2.21. The Kier molecular flexibility index (Phi) is 3.73. The van der Waals surface area contributed by atoms with E-state index < -0.39 is 0 Å². The maximum Gasteiger partial charge on any atom is 0.305 e. The molecule has 1 N–H and O–H groups in total. The van der Waals surface area contributed by atoms with Crippen LogP contribution in [-0.4, -0.2) is 25.5 Å². The summed E-state index contributed by atoms with van der Waals surface area (Å²) in [6.07, 6.45) is 2.72. The Balaban J connectivity index is 2.20. The summed E-state index contributed by atoms with van der Waals surface area (Å²) in [5.41, 5.74) is 0. The van der Waals surface area contributed by atoms with Crippen molar-refractivity contribution in [2.24, 2.45) is 5.92 Å². The van der Waals surface area contributed by atoms with Crippen LogP contribution in [0.3, 0.4) is 0 Å². The minimum Gasteiger partial charge on any atom is -0.469 e. The molecule has 4 nitrogen and oxygen atoms in total. The highest BCUT2D eigenvalue weighted by Gasteiger charge is 2.19. The number of hydrogen-bond donors (Lipinski definition) is 1. The van der Waals surface area contributed by atoms with E-state index in [1.165, 1.54) is 7.11 Å². The van der Waals surface area contributed by atoms with Crippen LogP contribution in [0.15, 0.2) is 0 Å². The van der Waals surface area contributed by atoms with Crippen molar-refractivity contribution in [3.63, 3.8) is 0 Å². The fraction of sp³-hybridized carbons (Fsp3) is 0.778. The van der Waals surface area contributed by atoms with Crippen LogP contribution in [0.1, 0.15) is 25.7 Å². The van der Waals surface area contributed by atoms with E-state index in [1.807, 2.05) is 0 Å². The summed E-state index contributed by atoms with van der Waals surface area (Å²) in [6, 6.07) is 0. The minimum atomic E-state index is -0.189. The molecule has 0 saturated carbocycles. The van der Waals surface area contributed by atoms with Gasteiger partial charge in [-0.05, 0) is 18.8 Å². The first-order valence-corrected chi connectivity index (χ1v) is 4.56. The summed E-state index contributed by atoms with van der Waals surface area (Å²) in [5, 5.41) is 2.76. The Morgan fingerprint density at radius 1 is 1.69 bits per heavy atom. The molecule has 0 aromatic rings. The molecule has 1 aliphatic rings. The number of carbonyl (C=O) groups is 2. The molecule has 1 heterocycles. The quantitative estimate of drug-likeness (QED) is 0.650. The van der Waals surface area contributed by atoms with E-state index in [0.717, 1.165) is 19.4 Å². The zero-order valence-corrected chi connectivity index (χ0v) is 7.84. The summed E-state index contributed by atoms with van der Waals surface area (Å²) < 4.78 is 4.53. The molecule has 1 fully saturated rings. The van der Waals surface area contributed by atoms with E-state index >= 15 is 0 Å². The van der Waals surface area contributed by atoms with Gasteiger partial charge in [0.15, 0.2) is 0 Å². The van der Waals surface area contributed by atoms with Gasteiger partial charge in [0.2, 0.25) is 5.91 Å². The highest BCUT2D eigenvalue weighted by Crippen LogP contribution is 2.18. The molecule has 1 atom stereocenters. The third kappa shape index (κ3) is 3.44. The normalized spacial score (nSPS) is 22.2. The topological polar surface area (TPSA) is 55.4 Å². The molecule has 1 aliphatic heterocycles. The van der Waals surface area contributed by atoms with E-state index in [4.69, 9.17) is 0 Å². The van der Waals surface area contributed by atoms with Crippen LogP contribution in [0.5, 0.6) is 0 Å². The Morgan fingerprint density at radius 3 is 3.08 bits per heavy atom. The molecular formula is C9H15NO3. The SMILES string of the molecule is COC(=O)CCC1CCNC(=O)C1. The molecular weight excluding hydrogens is 170 g/mol. The van der Waals surface area contributed by atoms with E-state index in [1.54, 1.807) is 0 Å². The second kappa shape index (κ2) is 4.84. The molecule has 1 unspecified atom stereocenters. The zero-order chi connectivity index (χ0) is 9.68. The van der Waals surface area contributed by atoms with Gasteiger partial charge in [0.1, 0.15) is 0 Å². The van der Waals surface area contributed by atoms with Crippen LogP contribution in [0, 0.1) is 5.92 Å². The van der Waals surface area contributed by atoms with Gasteiger partial charge in [-0.15, -0.1) is 0 Å². The molecule has 0 spiro atoms. The Labute approximate surface area is 77.6 Å². The van der Waals surface area contributed by atoms with Crippen molar-refractivity contribution in [3.8, 4) is 0 Å². The van der Waals surface area contributed by atoms with Gasteiger partial charge in [-0.2, -0.15) is 0 Å². The van der Waals surface area contributed by atoms with Crippen LogP contribution >= 0.6 is 0 Å². The standard InChI is InChI=1S/C9H15NO3/c1-13-9(12)3-2-7-4-5-10-8(11)6-7/h7H,2-6H2,1H3,(H,10,11). The molecule has 4 heteroatoms. The maximum atomic E-state index is 11.0. The second-order valence-corrected chi connectivity index (χ2v) is 3.32. The van der Waals surface area contributed by atoms with Crippen molar-refractivity contribution in [1.82, 2.24) is 5.32 Å². The average Bonchev–Trinajstić information content (AvgIpc) is 2.14. The lowest BCUT2D eigenvalue weighted by molar-refractivity contribution is -0.141. The lowest BCUT2D eigenvalue weighted by Crippen LogP contribution is -2.33. The Bertz CT molecular complexity index is 203. The molecule has 0 radical (unpaired) electrons. The first-order valence-electron chi connectivity index (χ1n) is 4.56. The summed E-state index contributed by atoms with van der Waals surface area (Å²) in [4.78, 5) is 21.8. The first kappa shape index (κ1) is 10.0. The zero-order valence-electron chi connectivity index (χ0n) is 7.84. The number of methoxy groups -OCH3 is 1. The van der Waals surface area contributed by atoms with Crippen molar-refractivity contribution in [2.45, 2.75) is 25.7 Å². The van der Waals surface area contributed by atoms with Gasteiger partial charge in [-0.3, -0.25) is 9.59 Å². The van der Waals surface area contributed by atoms with Gasteiger partial charge in [0.25, 0.3) is 0 Å². The number of carbonyl (C=O) groups excluding carboxylic acids is 2. The average molecular weight is 185 g/mol. The predicted molar refractivity (Wildman–Crippen MR) is 47.0 cm³/mol. The van der Waals surface area contributed by atoms with Gasteiger partial charge < -0.3 is 10.1 Å². The summed E-state index contributed by atoms with van der Waals surface area (Å²) in [6.45, 7) is 0.741. The van der Waals surface area contributed by atoms with E-state index in [9.17, 15) is 9.59 Å². The predicted octanol–water partition coefficient (Wildman–Crippen LogP) is 0.466. The van der Waals surface area contributed by atoms with Gasteiger partial charge in [-0.1, -0.05) is 0 Å². The van der Waals surface area contributed by atoms with Crippen LogP contribution < -0.4 is 5.32 Å². The van der Waals surface area contributed by atoms with Crippen molar-refractivity contribution in [1.29, 1.82) is 0 Å². The summed E-state index contributed by atoms with van der Waals surface area (Å²) >= 11 is 0. The minimum absolute atomic E-state index is 0.0983. The smallest absolute Gasteiger partial charge is 0.305 e. The highest BCUT2D eigenvalue weighted by atomic mass is 16.5. The largest absolute Gasteiger partial charge is 0.469 e. The number of ether oxygens (including phenoxy) is 1. The van der Waals surface area contributed by atoms with Crippen molar-refractivity contribution < 1.29 is 14.3 Å². The van der Waals surface area contributed by atoms with E-state index in [-0.39, 0.29) is 11.9 Å². The maximum absolute atomic E-state index is 11.0. The number of esters is 1. The highest BCUT2D eigenvalue weighted by molar-refractivity contribution is 5.77. The Hall–Kier alpha value is -1.06. The summed E-state index contributed by atoms with van der Waals surface area (Å²) in [7, 11) is 1.38. The van der Waals surface area contributed by atoms with Crippen molar-refractivity contribution in [2.75, 3.05) is 13.7 Å². The van der Waals surface area contributed by atoms with Crippen molar-refractivity contribution >= 4 is 11.9 Å². The molecule has 0 aliphatic carbocycles. The van der Waals surface area contributed by atoms with Gasteiger partial charge in [0.05, 0.1) is 7.11 Å². The molecule has 0 aromatic carbocycles. The number of hydrogen-bond acceptors (Lipinski definition) is 3. The van der Waals surface area contributed by atoms with E-state index in [0.29, 0.717) is 18.8 Å². The third-order valence-electron chi connectivity index (χ3n) is 2.33. The van der Waals surface area contributed by atoms with Crippen LogP contribution in [0.2, 0.25) is 0 Å². The number of amides is 1. The molecule has 1 saturated heterocycles. The molecule has 1 amide bonds. The Morgan fingerprint density at radius 2 is 2.46 bits per heavy atom. The van der Waals surface area contributed by atoms with Crippen molar-refractivity contribution in [3.05, 3.63) is 0 Å². The number of nitrogens with one attached hydrogen (secondary N) is 1. The van der Waals surface area contributed by atoms with Crippen LogP contribution in [0.4, 0.5) is 0 Å². The molecule has 1 rings (SSSR count). The third-order valence-corrected chi connectivity index (χ3v) is 2.33. The molecule has 0 bridgehead atoms. The fourth-order valence-corrected chi connectivity index (χ4v) is 1.52. The number of piperidine rings is 1. The van der Waals surface area contributed by atoms with Gasteiger partial charge >= 0.3 is 5.97 Å². The lowest BCUT2D eigenvalue weighted by atomic mass is 9.93. The molecule has 13 heavy (non-hydrogen) atoms. The van der Waals surface area contributed by atoms with Gasteiger partial charge in [0, 0.05) is 19.4 Å². The van der Waals surface area contributed by atoms with Gasteiger partial charge in [-0.25, -0.2) is 0 Å². The van der Waals surface area contributed by atoms with Crippen LogP contribution in [0.25, 0.3) is 0 Å². The monoisotopic (exact) mass is 185 g/mol.